The first-order chi connectivity index (χ1) is 16.3. The van der Waals surface area contributed by atoms with E-state index < -0.39 is 23.0 Å². The van der Waals surface area contributed by atoms with Crippen LogP contribution in [0.5, 0.6) is 0 Å². The molecule has 0 aliphatic rings. The Kier molecular flexibility index (Phi) is 6.36. The molecule has 2 aromatic heterocycles. The average Bonchev–Trinajstić information content (AvgIpc) is 3.17. The molecule has 0 spiro atoms. The van der Waals surface area contributed by atoms with Gasteiger partial charge in [0.15, 0.2) is 22.8 Å². The van der Waals surface area contributed by atoms with Crippen LogP contribution in [0.1, 0.15) is 41.4 Å². The molecular formula is C25H25FN4O4. The zero-order chi connectivity index (χ0) is 24.4. The highest BCUT2D eigenvalue weighted by Gasteiger charge is 2.29. The topological polar surface area (TPSA) is 114 Å². The number of hydrogen-bond donors (Lipinski definition) is 2. The number of unbranched alkanes of at least 4 members (excludes halogenated alkanes) is 1. The Morgan fingerprint density at radius 1 is 1.15 bits per heavy atom. The quantitative estimate of drug-likeness (QED) is 0.432. The smallest absolute Gasteiger partial charge is 0.330 e. The summed E-state index contributed by atoms with van der Waals surface area (Å²) in [6.45, 7) is 3.86. The van der Waals surface area contributed by atoms with Crippen LogP contribution in [0.15, 0.2) is 62.5 Å². The van der Waals surface area contributed by atoms with Crippen LogP contribution >= 0.6 is 0 Å². The average molecular weight is 464 g/mol. The molecule has 0 fully saturated rings. The van der Waals surface area contributed by atoms with Crippen molar-refractivity contribution in [2.75, 3.05) is 17.2 Å². The van der Waals surface area contributed by atoms with Gasteiger partial charge in [-0.15, -0.1) is 0 Å². The SMILES string of the molecule is CCCCN(C(=O)c1oc2c(F)cccc2c1C)c1c(N)n(Cc2ccccc2)c(=O)[nH]c1=O. The molecule has 0 radical (unpaired) electrons. The van der Waals surface area contributed by atoms with E-state index in [1.807, 2.05) is 37.3 Å². The molecule has 0 aliphatic carbocycles. The van der Waals surface area contributed by atoms with E-state index >= 15 is 0 Å². The van der Waals surface area contributed by atoms with Gasteiger partial charge in [0, 0.05) is 17.5 Å². The third-order valence-electron chi connectivity index (χ3n) is 5.76. The van der Waals surface area contributed by atoms with Gasteiger partial charge >= 0.3 is 5.69 Å². The lowest BCUT2D eigenvalue weighted by Gasteiger charge is -2.24. The van der Waals surface area contributed by atoms with Crippen LogP contribution in [0.3, 0.4) is 0 Å². The van der Waals surface area contributed by atoms with Crippen molar-refractivity contribution >= 4 is 28.4 Å². The number of carbonyl (C=O) groups excluding carboxylic acids is 1. The predicted molar refractivity (Wildman–Crippen MR) is 129 cm³/mol. The van der Waals surface area contributed by atoms with Crippen LogP contribution < -0.4 is 21.9 Å². The number of para-hydroxylation sites is 1. The Morgan fingerprint density at radius 3 is 2.56 bits per heavy atom. The molecule has 176 valence electrons. The number of aryl methyl sites for hydroxylation is 1. The van der Waals surface area contributed by atoms with E-state index in [4.69, 9.17) is 10.2 Å². The second kappa shape index (κ2) is 9.38. The number of rotatable bonds is 7. The molecule has 4 rings (SSSR count). The first kappa shape index (κ1) is 23.0. The lowest BCUT2D eigenvalue weighted by molar-refractivity contribution is 0.0960. The number of anilines is 2. The zero-order valence-electron chi connectivity index (χ0n) is 18.9. The first-order valence-corrected chi connectivity index (χ1v) is 11.0. The Hall–Kier alpha value is -4.14. The number of fused-ring (bicyclic) bond motifs is 1. The van der Waals surface area contributed by atoms with Crippen LogP contribution in [0, 0.1) is 12.7 Å². The lowest BCUT2D eigenvalue weighted by Crippen LogP contribution is -2.41. The summed E-state index contributed by atoms with van der Waals surface area (Å²) in [6.07, 6.45) is 1.30. The second-order valence-electron chi connectivity index (χ2n) is 8.05. The number of nitrogens with two attached hydrogens (primary N) is 1. The number of hydrogen-bond acceptors (Lipinski definition) is 5. The normalized spacial score (nSPS) is 11.1. The van der Waals surface area contributed by atoms with E-state index in [1.54, 1.807) is 13.0 Å². The number of H-pyrrole nitrogens is 1. The highest BCUT2D eigenvalue weighted by molar-refractivity contribution is 6.09. The Balaban J connectivity index is 1.85. The number of aromatic nitrogens is 2. The molecule has 0 unspecified atom stereocenters. The third kappa shape index (κ3) is 4.12. The monoisotopic (exact) mass is 464 g/mol. The van der Waals surface area contributed by atoms with Gasteiger partial charge < -0.3 is 10.2 Å². The van der Waals surface area contributed by atoms with Gasteiger partial charge in [-0.25, -0.2) is 9.18 Å². The van der Waals surface area contributed by atoms with Gasteiger partial charge in [-0.3, -0.25) is 24.0 Å². The van der Waals surface area contributed by atoms with Crippen molar-refractivity contribution in [1.82, 2.24) is 9.55 Å². The second-order valence-corrected chi connectivity index (χ2v) is 8.05. The standard InChI is InChI=1S/C25H25FN4O4/c1-3-4-13-29(24(32)20-15(2)17-11-8-12-18(26)21(17)34-20)19-22(27)30(25(33)28-23(19)31)14-16-9-6-5-7-10-16/h5-12H,3-4,13-14,27H2,1-2H3,(H,28,31,33). The van der Waals surface area contributed by atoms with Crippen molar-refractivity contribution in [3.63, 3.8) is 0 Å². The highest BCUT2D eigenvalue weighted by atomic mass is 19.1. The van der Waals surface area contributed by atoms with E-state index in [1.165, 1.54) is 21.6 Å². The molecule has 34 heavy (non-hydrogen) atoms. The molecule has 0 atom stereocenters. The van der Waals surface area contributed by atoms with Gasteiger partial charge in [0.1, 0.15) is 5.82 Å². The molecule has 4 aromatic rings. The zero-order valence-corrected chi connectivity index (χ0v) is 18.9. The van der Waals surface area contributed by atoms with Crippen molar-refractivity contribution in [1.29, 1.82) is 0 Å². The molecule has 0 bridgehead atoms. The van der Waals surface area contributed by atoms with Crippen molar-refractivity contribution in [3.8, 4) is 0 Å². The summed E-state index contributed by atoms with van der Waals surface area (Å²) in [6, 6.07) is 13.6. The van der Waals surface area contributed by atoms with Gasteiger partial charge in [0.05, 0.1) is 6.54 Å². The molecule has 0 saturated heterocycles. The number of nitrogens with zero attached hydrogens (tertiary/aromatic N) is 2. The van der Waals surface area contributed by atoms with E-state index in [9.17, 15) is 18.8 Å². The van der Waals surface area contributed by atoms with E-state index in [2.05, 4.69) is 4.98 Å². The van der Waals surface area contributed by atoms with Crippen LogP contribution in [0.4, 0.5) is 15.9 Å². The Morgan fingerprint density at radius 2 is 1.88 bits per heavy atom. The molecule has 8 nitrogen and oxygen atoms in total. The van der Waals surface area contributed by atoms with Gasteiger partial charge in [0.25, 0.3) is 11.5 Å². The van der Waals surface area contributed by atoms with Crippen molar-refractivity contribution in [2.24, 2.45) is 0 Å². The summed E-state index contributed by atoms with van der Waals surface area (Å²) in [5, 5.41) is 0.467. The third-order valence-corrected chi connectivity index (χ3v) is 5.76. The summed E-state index contributed by atoms with van der Waals surface area (Å²) < 4.78 is 21.1. The summed E-state index contributed by atoms with van der Waals surface area (Å²) >= 11 is 0. The number of nitrogens with one attached hydrogen (secondary N) is 1. The maximum atomic E-state index is 14.3. The van der Waals surface area contributed by atoms with E-state index in [0.29, 0.717) is 17.4 Å². The Labute approximate surface area is 194 Å². The minimum atomic E-state index is -0.781. The number of aromatic amines is 1. The van der Waals surface area contributed by atoms with Crippen molar-refractivity contribution < 1.29 is 13.6 Å². The number of nitrogen functional groups attached to an aromatic ring is 1. The highest BCUT2D eigenvalue weighted by Crippen LogP contribution is 2.30. The van der Waals surface area contributed by atoms with Gasteiger partial charge in [-0.2, -0.15) is 0 Å². The number of benzene rings is 2. The van der Waals surface area contributed by atoms with E-state index in [-0.39, 0.29) is 35.9 Å². The van der Waals surface area contributed by atoms with Gasteiger partial charge in [-0.05, 0) is 25.0 Å². The molecule has 1 amide bonds. The molecule has 3 N–H and O–H groups in total. The minimum Gasteiger partial charge on any atom is -0.448 e. The fraction of sp³-hybridized carbons (Fsp3) is 0.240. The Bertz CT molecular complexity index is 1470. The maximum absolute atomic E-state index is 14.3. The summed E-state index contributed by atoms with van der Waals surface area (Å²) in [4.78, 5) is 42.6. The summed E-state index contributed by atoms with van der Waals surface area (Å²) in [7, 11) is 0. The number of furan rings is 1. The van der Waals surface area contributed by atoms with Gasteiger partial charge in [-0.1, -0.05) is 55.8 Å². The number of halogens is 1. The molecule has 2 heterocycles. The van der Waals surface area contributed by atoms with Crippen LogP contribution in [-0.4, -0.2) is 22.0 Å². The first-order valence-electron chi connectivity index (χ1n) is 11.0. The van der Waals surface area contributed by atoms with Crippen LogP contribution in [0.25, 0.3) is 11.0 Å². The van der Waals surface area contributed by atoms with E-state index in [0.717, 1.165) is 12.0 Å². The van der Waals surface area contributed by atoms with Crippen LogP contribution in [-0.2, 0) is 6.54 Å². The molecule has 0 aliphatic heterocycles. The fourth-order valence-electron chi connectivity index (χ4n) is 3.93. The summed E-state index contributed by atoms with van der Waals surface area (Å²) in [5.41, 5.74) is 5.93. The molecule has 2 aromatic carbocycles. The maximum Gasteiger partial charge on any atom is 0.330 e. The van der Waals surface area contributed by atoms with Crippen molar-refractivity contribution in [2.45, 2.75) is 33.2 Å². The van der Waals surface area contributed by atoms with Crippen molar-refractivity contribution in [3.05, 3.63) is 92.1 Å². The molecule has 9 heteroatoms. The molecular weight excluding hydrogens is 439 g/mol. The summed E-state index contributed by atoms with van der Waals surface area (Å²) in [5.74, 6) is -1.45. The fourth-order valence-corrected chi connectivity index (χ4v) is 3.93. The minimum absolute atomic E-state index is 0.0327. The van der Waals surface area contributed by atoms with Gasteiger partial charge in [0.2, 0.25) is 0 Å². The number of amides is 1. The lowest BCUT2D eigenvalue weighted by atomic mass is 10.1. The largest absolute Gasteiger partial charge is 0.448 e. The van der Waals surface area contributed by atoms with Crippen LogP contribution in [0.2, 0.25) is 0 Å². The predicted octanol–water partition coefficient (Wildman–Crippen LogP) is 3.81. The number of carbonyl (C=O) groups is 1. The molecule has 0 saturated carbocycles.